The summed E-state index contributed by atoms with van der Waals surface area (Å²) in [4.78, 5) is 11.9. The molecule has 0 radical (unpaired) electrons. The summed E-state index contributed by atoms with van der Waals surface area (Å²) in [5, 5.41) is 18.3. The predicted molar refractivity (Wildman–Crippen MR) is 95.5 cm³/mol. The topological polar surface area (TPSA) is 84.7 Å². The molecule has 0 unspecified atom stereocenters. The van der Waals surface area contributed by atoms with Crippen LogP contribution in [0.15, 0.2) is 54.9 Å². The minimum atomic E-state index is 0.00696. The van der Waals surface area contributed by atoms with E-state index in [1.54, 1.807) is 17.1 Å². The zero-order valence-electron chi connectivity index (χ0n) is 14.0. The van der Waals surface area contributed by atoms with E-state index in [1.165, 1.54) is 0 Å². The molecule has 2 heterocycles. The second-order valence-electron chi connectivity index (χ2n) is 5.67. The smallest absolute Gasteiger partial charge is 0.224 e. The highest BCUT2D eigenvalue weighted by Gasteiger charge is 2.03. The van der Waals surface area contributed by atoms with E-state index in [4.69, 9.17) is 0 Å². The second kappa shape index (κ2) is 8.05. The number of aromatic nitrogens is 4. The molecule has 0 bridgehead atoms. The summed E-state index contributed by atoms with van der Waals surface area (Å²) in [7, 11) is 0. The molecule has 7 heteroatoms. The summed E-state index contributed by atoms with van der Waals surface area (Å²) in [6, 6.07) is 13.5. The van der Waals surface area contributed by atoms with Crippen LogP contribution in [-0.4, -0.2) is 39.0 Å². The van der Waals surface area contributed by atoms with Crippen LogP contribution in [0.3, 0.4) is 0 Å². The van der Waals surface area contributed by atoms with Gasteiger partial charge < -0.3 is 10.6 Å². The van der Waals surface area contributed by atoms with Gasteiger partial charge >= 0.3 is 0 Å². The molecule has 2 N–H and O–H groups in total. The van der Waals surface area contributed by atoms with E-state index in [1.807, 2.05) is 49.4 Å². The lowest BCUT2D eigenvalue weighted by atomic mass is 10.1. The Morgan fingerprint density at radius 2 is 2.04 bits per heavy atom. The molecule has 1 amide bonds. The van der Waals surface area contributed by atoms with Crippen molar-refractivity contribution in [2.45, 2.75) is 13.3 Å². The molecule has 2 aromatic heterocycles. The van der Waals surface area contributed by atoms with E-state index in [0.717, 1.165) is 11.1 Å². The molecule has 0 saturated carbocycles. The SMILES string of the molecule is Cc1cccc(CC(=O)NCCNc2ccc(-n3cccn3)nn2)c1. The number of rotatable bonds is 7. The van der Waals surface area contributed by atoms with Crippen LogP contribution in [0.1, 0.15) is 11.1 Å². The lowest BCUT2D eigenvalue weighted by molar-refractivity contribution is -0.120. The van der Waals surface area contributed by atoms with Crippen molar-refractivity contribution in [2.24, 2.45) is 0 Å². The summed E-state index contributed by atoms with van der Waals surface area (Å²) in [6.45, 7) is 3.12. The molecule has 7 nitrogen and oxygen atoms in total. The second-order valence-corrected chi connectivity index (χ2v) is 5.67. The number of aryl methyl sites for hydroxylation is 1. The first-order chi connectivity index (χ1) is 12.2. The lowest BCUT2D eigenvalue weighted by Gasteiger charge is -2.08. The normalized spacial score (nSPS) is 10.4. The minimum Gasteiger partial charge on any atom is -0.367 e. The summed E-state index contributed by atoms with van der Waals surface area (Å²) >= 11 is 0. The monoisotopic (exact) mass is 336 g/mol. The molecule has 0 atom stereocenters. The van der Waals surface area contributed by atoms with Gasteiger partial charge in [0.25, 0.3) is 0 Å². The molecule has 128 valence electrons. The first kappa shape index (κ1) is 16.6. The molecule has 0 saturated heterocycles. The fourth-order valence-corrected chi connectivity index (χ4v) is 2.41. The van der Waals surface area contributed by atoms with Crippen molar-refractivity contribution in [3.8, 4) is 5.82 Å². The third-order valence-electron chi connectivity index (χ3n) is 3.59. The molecule has 0 aliphatic rings. The van der Waals surface area contributed by atoms with Crippen LogP contribution < -0.4 is 10.6 Å². The number of amides is 1. The zero-order valence-corrected chi connectivity index (χ0v) is 14.0. The van der Waals surface area contributed by atoms with Crippen LogP contribution in [0.4, 0.5) is 5.82 Å². The zero-order chi connectivity index (χ0) is 17.5. The Morgan fingerprint density at radius 3 is 2.76 bits per heavy atom. The molecule has 25 heavy (non-hydrogen) atoms. The number of nitrogens with zero attached hydrogens (tertiary/aromatic N) is 4. The quantitative estimate of drug-likeness (QED) is 0.642. The Bertz CT molecular complexity index is 814. The van der Waals surface area contributed by atoms with E-state index in [9.17, 15) is 4.79 Å². The van der Waals surface area contributed by atoms with Crippen LogP contribution >= 0.6 is 0 Å². The number of anilines is 1. The molecule has 0 aliphatic carbocycles. The van der Waals surface area contributed by atoms with Crippen molar-refractivity contribution >= 4 is 11.7 Å². The highest BCUT2D eigenvalue weighted by atomic mass is 16.1. The number of hydrogen-bond donors (Lipinski definition) is 2. The summed E-state index contributed by atoms with van der Waals surface area (Å²) in [6.07, 6.45) is 3.88. The fourth-order valence-electron chi connectivity index (χ4n) is 2.41. The van der Waals surface area contributed by atoms with Crippen molar-refractivity contribution in [3.05, 3.63) is 66.0 Å². The molecular weight excluding hydrogens is 316 g/mol. The molecule has 1 aromatic carbocycles. The van der Waals surface area contributed by atoms with Gasteiger partial charge in [-0.25, -0.2) is 4.68 Å². The van der Waals surface area contributed by atoms with Crippen molar-refractivity contribution in [2.75, 3.05) is 18.4 Å². The maximum Gasteiger partial charge on any atom is 0.224 e. The molecule has 0 aliphatic heterocycles. The van der Waals surface area contributed by atoms with Gasteiger partial charge in [0.1, 0.15) is 5.82 Å². The Labute approximate surface area is 146 Å². The number of hydrogen-bond acceptors (Lipinski definition) is 5. The number of nitrogens with one attached hydrogen (secondary N) is 2. The maximum atomic E-state index is 11.9. The summed E-state index contributed by atoms with van der Waals surface area (Å²) in [5.74, 6) is 1.32. The van der Waals surface area contributed by atoms with E-state index in [-0.39, 0.29) is 5.91 Å². The van der Waals surface area contributed by atoms with Crippen molar-refractivity contribution in [3.63, 3.8) is 0 Å². The van der Waals surface area contributed by atoms with E-state index in [0.29, 0.717) is 31.1 Å². The van der Waals surface area contributed by atoms with Crippen LogP contribution in [0, 0.1) is 6.92 Å². The Morgan fingerprint density at radius 1 is 1.12 bits per heavy atom. The van der Waals surface area contributed by atoms with E-state index in [2.05, 4.69) is 25.9 Å². The fraction of sp³-hybridized carbons (Fsp3) is 0.222. The van der Waals surface area contributed by atoms with Gasteiger partial charge in [-0.2, -0.15) is 5.10 Å². The van der Waals surface area contributed by atoms with E-state index < -0.39 is 0 Å². The first-order valence-corrected chi connectivity index (χ1v) is 8.10. The maximum absolute atomic E-state index is 11.9. The van der Waals surface area contributed by atoms with Crippen LogP contribution in [0.25, 0.3) is 5.82 Å². The van der Waals surface area contributed by atoms with Crippen LogP contribution in [-0.2, 0) is 11.2 Å². The largest absolute Gasteiger partial charge is 0.367 e. The Balaban J connectivity index is 1.40. The van der Waals surface area contributed by atoms with Gasteiger partial charge in [0.15, 0.2) is 5.82 Å². The Hall–Kier alpha value is -3.22. The van der Waals surface area contributed by atoms with Gasteiger partial charge in [0.05, 0.1) is 6.42 Å². The third-order valence-corrected chi connectivity index (χ3v) is 3.59. The first-order valence-electron chi connectivity index (χ1n) is 8.10. The van der Waals surface area contributed by atoms with Gasteiger partial charge in [-0.3, -0.25) is 4.79 Å². The average Bonchev–Trinajstić information content (AvgIpc) is 3.14. The minimum absolute atomic E-state index is 0.00696. The van der Waals surface area contributed by atoms with E-state index >= 15 is 0 Å². The highest BCUT2D eigenvalue weighted by Crippen LogP contribution is 2.05. The van der Waals surface area contributed by atoms with Crippen molar-refractivity contribution < 1.29 is 4.79 Å². The molecule has 3 aromatic rings. The third kappa shape index (κ3) is 4.87. The van der Waals surface area contributed by atoms with Gasteiger partial charge in [0, 0.05) is 25.5 Å². The summed E-state index contributed by atoms with van der Waals surface area (Å²) < 4.78 is 1.64. The molecular formula is C18H20N6O. The number of benzene rings is 1. The summed E-state index contributed by atoms with van der Waals surface area (Å²) in [5.41, 5.74) is 2.18. The number of carbonyl (C=O) groups excluding carboxylic acids is 1. The number of carbonyl (C=O) groups is 1. The lowest BCUT2D eigenvalue weighted by Crippen LogP contribution is -2.30. The molecule has 3 rings (SSSR count). The predicted octanol–water partition coefficient (Wildman–Crippen LogP) is 1.74. The van der Waals surface area contributed by atoms with Gasteiger partial charge in [-0.1, -0.05) is 29.8 Å². The molecule has 0 spiro atoms. The van der Waals surface area contributed by atoms with Gasteiger partial charge in [-0.05, 0) is 30.7 Å². The van der Waals surface area contributed by atoms with Gasteiger partial charge in [0.2, 0.25) is 5.91 Å². The average molecular weight is 336 g/mol. The van der Waals surface area contributed by atoms with Crippen LogP contribution in [0.2, 0.25) is 0 Å². The van der Waals surface area contributed by atoms with Gasteiger partial charge in [-0.15, -0.1) is 10.2 Å². The highest BCUT2D eigenvalue weighted by molar-refractivity contribution is 5.78. The standard InChI is InChI=1S/C18H20N6O/c1-14-4-2-5-15(12-14)13-18(25)20-10-9-19-16-6-7-17(23-22-16)24-11-3-8-21-24/h2-8,11-12H,9-10,13H2,1H3,(H,19,22)(H,20,25). The van der Waals surface area contributed by atoms with Crippen molar-refractivity contribution in [1.29, 1.82) is 0 Å². The molecule has 0 fully saturated rings. The van der Waals surface area contributed by atoms with Crippen LogP contribution in [0.5, 0.6) is 0 Å². The Kier molecular flexibility index (Phi) is 5.36. The van der Waals surface area contributed by atoms with Crippen molar-refractivity contribution in [1.82, 2.24) is 25.3 Å².